The summed E-state index contributed by atoms with van der Waals surface area (Å²) in [5.74, 6) is 0.571. The smallest absolute Gasteiger partial charge is 0.246 e. The molecule has 0 atom stereocenters. The van der Waals surface area contributed by atoms with E-state index in [1.54, 1.807) is 20.9 Å². The van der Waals surface area contributed by atoms with Crippen molar-refractivity contribution in [3.63, 3.8) is 0 Å². The first-order chi connectivity index (χ1) is 8.81. The number of nitrogen functional groups attached to an aromatic ring is 1. The third-order valence-corrected chi connectivity index (χ3v) is 4.12. The highest BCUT2D eigenvalue weighted by Gasteiger charge is 2.24. The molecule has 0 aromatic carbocycles. The summed E-state index contributed by atoms with van der Waals surface area (Å²) >= 11 is 0. The van der Waals surface area contributed by atoms with Crippen LogP contribution in [0.15, 0.2) is 9.42 Å². The van der Waals surface area contributed by atoms with Crippen LogP contribution in [-0.4, -0.2) is 28.3 Å². The molecule has 0 saturated heterocycles. The minimum Gasteiger partial charge on any atom is -0.381 e. The van der Waals surface area contributed by atoms with E-state index < -0.39 is 10.0 Å². The van der Waals surface area contributed by atoms with E-state index in [2.05, 4.69) is 20.0 Å². The zero-order valence-corrected chi connectivity index (χ0v) is 11.5. The normalized spacial score (nSPS) is 11.9. The summed E-state index contributed by atoms with van der Waals surface area (Å²) in [7, 11) is -2.16. The number of anilines is 1. The van der Waals surface area contributed by atoms with Crippen LogP contribution in [0.3, 0.4) is 0 Å². The van der Waals surface area contributed by atoms with Crippen LogP contribution >= 0.6 is 0 Å². The van der Waals surface area contributed by atoms with Gasteiger partial charge >= 0.3 is 0 Å². The highest BCUT2D eigenvalue weighted by molar-refractivity contribution is 7.89. The molecule has 0 fully saturated rings. The van der Waals surface area contributed by atoms with Crippen molar-refractivity contribution in [3.05, 3.63) is 17.4 Å². The first-order valence-electron chi connectivity index (χ1n) is 5.39. The molecule has 0 amide bonds. The molecule has 2 aromatic heterocycles. The van der Waals surface area contributed by atoms with E-state index in [1.807, 2.05) is 0 Å². The number of nitrogens with zero attached hydrogens (tertiary/aromatic N) is 4. The van der Waals surface area contributed by atoms with Gasteiger partial charge in [0.25, 0.3) is 0 Å². The molecule has 0 unspecified atom stereocenters. The van der Waals surface area contributed by atoms with Gasteiger partial charge in [0.15, 0.2) is 11.6 Å². The Morgan fingerprint density at radius 1 is 1.42 bits per heavy atom. The summed E-state index contributed by atoms with van der Waals surface area (Å²) in [5, 5.41) is 7.43. The second-order valence-corrected chi connectivity index (χ2v) is 5.69. The molecule has 0 aliphatic heterocycles. The molecule has 0 radical (unpaired) electrons. The van der Waals surface area contributed by atoms with Crippen LogP contribution in [0.25, 0.3) is 0 Å². The Kier molecular flexibility index (Phi) is 3.28. The van der Waals surface area contributed by atoms with Gasteiger partial charge in [-0.2, -0.15) is 10.1 Å². The second-order valence-electron chi connectivity index (χ2n) is 3.98. The lowest BCUT2D eigenvalue weighted by Gasteiger charge is -2.04. The van der Waals surface area contributed by atoms with Crippen LogP contribution in [0, 0.1) is 13.8 Å². The Balaban J connectivity index is 2.23. The van der Waals surface area contributed by atoms with Crippen LogP contribution < -0.4 is 10.5 Å². The minimum atomic E-state index is -3.78. The van der Waals surface area contributed by atoms with Crippen LogP contribution in [0.4, 0.5) is 5.82 Å². The molecule has 2 rings (SSSR count). The Morgan fingerprint density at radius 3 is 2.58 bits per heavy atom. The SMILES string of the molecule is Cc1noc(CNS(=O)(=O)c2c(N)nn(C)c2C)n1. The van der Waals surface area contributed by atoms with Crippen LogP contribution in [-0.2, 0) is 23.6 Å². The van der Waals surface area contributed by atoms with Gasteiger partial charge in [-0.25, -0.2) is 13.1 Å². The zero-order valence-electron chi connectivity index (χ0n) is 10.7. The predicted octanol–water partition coefficient (Wildman–Crippen LogP) is -0.519. The Labute approximate surface area is 109 Å². The van der Waals surface area contributed by atoms with Gasteiger partial charge in [-0.15, -0.1) is 0 Å². The zero-order chi connectivity index (χ0) is 14.2. The Hall–Kier alpha value is -1.94. The molecule has 0 aliphatic rings. The summed E-state index contributed by atoms with van der Waals surface area (Å²) in [6.07, 6.45) is 0. The van der Waals surface area contributed by atoms with E-state index in [0.717, 1.165) is 0 Å². The quantitative estimate of drug-likeness (QED) is 0.773. The fourth-order valence-electron chi connectivity index (χ4n) is 1.59. The van der Waals surface area contributed by atoms with E-state index in [0.29, 0.717) is 11.5 Å². The van der Waals surface area contributed by atoms with Crippen molar-refractivity contribution in [1.29, 1.82) is 0 Å². The average molecular weight is 286 g/mol. The number of rotatable bonds is 4. The molecule has 104 valence electrons. The van der Waals surface area contributed by atoms with Crippen molar-refractivity contribution in [2.45, 2.75) is 25.3 Å². The van der Waals surface area contributed by atoms with Gasteiger partial charge in [0.2, 0.25) is 15.9 Å². The van der Waals surface area contributed by atoms with Crippen molar-refractivity contribution in [2.75, 3.05) is 5.73 Å². The van der Waals surface area contributed by atoms with Gasteiger partial charge in [0.05, 0.1) is 12.2 Å². The van der Waals surface area contributed by atoms with Crippen molar-refractivity contribution >= 4 is 15.8 Å². The topological polar surface area (TPSA) is 129 Å². The average Bonchev–Trinajstić information content (AvgIpc) is 2.82. The summed E-state index contributed by atoms with van der Waals surface area (Å²) in [5.41, 5.74) is 6.05. The number of hydrogen-bond donors (Lipinski definition) is 2. The summed E-state index contributed by atoms with van der Waals surface area (Å²) in [6.45, 7) is 3.16. The van der Waals surface area contributed by atoms with Gasteiger partial charge in [-0.05, 0) is 13.8 Å². The summed E-state index contributed by atoms with van der Waals surface area (Å²) < 4.78 is 32.8. The molecule has 19 heavy (non-hydrogen) atoms. The first-order valence-corrected chi connectivity index (χ1v) is 6.87. The molecular formula is C9H14N6O3S. The number of nitrogens with one attached hydrogen (secondary N) is 1. The third kappa shape index (κ3) is 2.58. The molecule has 0 saturated carbocycles. The van der Waals surface area contributed by atoms with E-state index in [-0.39, 0.29) is 23.1 Å². The van der Waals surface area contributed by atoms with Gasteiger partial charge < -0.3 is 10.3 Å². The first kappa shape index (κ1) is 13.5. The van der Waals surface area contributed by atoms with E-state index in [1.165, 1.54) is 4.68 Å². The minimum absolute atomic E-state index is 0.0359. The molecular weight excluding hydrogens is 272 g/mol. The van der Waals surface area contributed by atoms with E-state index in [4.69, 9.17) is 10.3 Å². The van der Waals surface area contributed by atoms with Crippen LogP contribution in [0.2, 0.25) is 0 Å². The lowest BCUT2D eigenvalue weighted by Crippen LogP contribution is -2.24. The van der Waals surface area contributed by atoms with Crippen molar-refractivity contribution in [1.82, 2.24) is 24.6 Å². The molecule has 3 N–H and O–H groups in total. The molecule has 0 spiro atoms. The number of aromatic nitrogens is 4. The second kappa shape index (κ2) is 4.63. The lowest BCUT2D eigenvalue weighted by molar-refractivity contribution is 0.372. The maximum Gasteiger partial charge on any atom is 0.246 e. The fourth-order valence-corrected chi connectivity index (χ4v) is 2.88. The van der Waals surface area contributed by atoms with Gasteiger partial charge in [-0.1, -0.05) is 5.16 Å². The lowest BCUT2D eigenvalue weighted by atomic mass is 10.5. The van der Waals surface area contributed by atoms with Gasteiger partial charge in [0.1, 0.15) is 4.90 Å². The van der Waals surface area contributed by atoms with Gasteiger partial charge in [0, 0.05) is 7.05 Å². The van der Waals surface area contributed by atoms with Crippen molar-refractivity contribution < 1.29 is 12.9 Å². The Bertz CT molecular complexity index is 702. The van der Waals surface area contributed by atoms with Gasteiger partial charge in [-0.3, -0.25) is 4.68 Å². The van der Waals surface area contributed by atoms with Crippen LogP contribution in [0.1, 0.15) is 17.4 Å². The molecule has 0 bridgehead atoms. The van der Waals surface area contributed by atoms with E-state index in [9.17, 15) is 8.42 Å². The number of sulfonamides is 1. The maximum atomic E-state index is 12.1. The third-order valence-electron chi connectivity index (χ3n) is 2.56. The largest absolute Gasteiger partial charge is 0.381 e. The summed E-state index contributed by atoms with van der Waals surface area (Å²) in [4.78, 5) is 3.86. The Morgan fingerprint density at radius 2 is 2.11 bits per heavy atom. The van der Waals surface area contributed by atoms with E-state index >= 15 is 0 Å². The molecule has 9 nitrogen and oxygen atoms in total. The van der Waals surface area contributed by atoms with Crippen LogP contribution in [0.5, 0.6) is 0 Å². The summed E-state index contributed by atoms with van der Waals surface area (Å²) in [6, 6.07) is 0. The van der Waals surface area contributed by atoms with Crippen molar-refractivity contribution in [3.8, 4) is 0 Å². The highest BCUT2D eigenvalue weighted by atomic mass is 32.2. The standard InChI is InChI=1S/C9H14N6O3S/c1-5-8(9(10)13-15(5)3)19(16,17)11-4-7-12-6(2)14-18-7/h11H,4H2,1-3H3,(H2,10,13). The molecule has 10 heteroatoms. The number of nitrogens with two attached hydrogens (primary N) is 1. The van der Waals surface area contributed by atoms with Crippen molar-refractivity contribution in [2.24, 2.45) is 7.05 Å². The highest BCUT2D eigenvalue weighted by Crippen LogP contribution is 2.20. The molecule has 2 heterocycles. The predicted molar refractivity (Wildman–Crippen MR) is 65.4 cm³/mol. The number of hydrogen-bond acceptors (Lipinski definition) is 7. The number of aryl methyl sites for hydroxylation is 2. The monoisotopic (exact) mass is 286 g/mol. The maximum absolute atomic E-state index is 12.1. The fraction of sp³-hybridized carbons (Fsp3) is 0.444. The molecule has 0 aliphatic carbocycles. The molecule has 2 aromatic rings.